The first-order chi connectivity index (χ1) is 14.3. The Bertz CT molecular complexity index is 1070. The number of carbonyl (C=O) groups excluding carboxylic acids is 2. The molecule has 2 aromatic rings. The average Bonchev–Trinajstić information content (AvgIpc) is 2.93. The molecule has 6 nitrogen and oxygen atoms in total. The molecular weight excluding hydrogens is 376 g/mol. The molecule has 0 aromatic heterocycles. The Labute approximate surface area is 176 Å². The van der Waals surface area contributed by atoms with Crippen molar-refractivity contribution in [2.24, 2.45) is 11.8 Å². The van der Waals surface area contributed by atoms with E-state index in [1.165, 1.54) is 0 Å². The van der Waals surface area contributed by atoms with E-state index in [2.05, 4.69) is 49.0 Å². The van der Waals surface area contributed by atoms with Crippen LogP contribution in [-0.4, -0.2) is 24.7 Å². The average molecular weight is 405 g/mol. The van der Waals surface area contributed by atoms with Crippen molar-refractivity contribution < 1.29 is 9.59 Å². The summed E-state index contributed by atoms with van der Waals surface area (Å²) in [4.78, 5) is 26.7. The molecule has 5 aliphatic rings. The number of rotatable bonds is 6. The van der Waals surface area contributed by atoms with Crippen LogP contribution in [0.4, 0.5) is 11.4 Å². The Morgan fingerprint density at radius 2 is 1.47 bits per heavy atom. The second-order valence-corrected chi connectivity index (χ2v) is 9.36. The fourth-order valence-electron chi connectivity index (χ4n) is 4.54. The molecule has 4 aliphatic heterocycles. The summed E-state index contributed by atoms with van der Waals surface area (Å²) in [6.07, 6.45) is -0.282. The van der Waals surface area contributed by atoms with Crippen LogP contribution in [0, 0.1) is 11.8 Å². The van der Waals surface area contributed by atoms with Crippen LogP contribution in [0.15, 0.2) is 24.3 Å². The number of benzene rings is 2. The van der Waals surface area contributed by atoms with Crippen molar-refractivity contribution in [3.63, 3.8) is 0 Å². The third-order valence-corrected chi connectivity index (χ3v) is 6.04. The van der Waals surface area contributed by atoms with E-state index in [0.717, 1.165) is 35.6 Å². The van der Waals surface area contributed by atoms with Gasteiger partial charge in [0.05, 0.1) is 16.9 Å². The van der Waals surface area contributed by atoms with E-state index in [0.29, 0.717) is 34.1 Å². The molecule has 2 unspecified atom stereocenters. The number of anilines is 2. The van der Waals surface area contributed by atoms with Crippen LogP contribution in [0.1, 0.15) is 83.0 Å². The van der Waals surface area contributed by atoms with E-state index >= 15 is 0 Å². The molecule has 0 saturated heterocycles. The van der Waals surface area contributed by atoms with E-state index in [4.69, 9.17) is 0 Å². The Balaban J connectivity index is 1.68. The number of carbonyl (C=O) groups is 2. The summed E-state index contributed by atoms with van der Waals surface area (Å²) in [5.41, 5.74) is 5.61. The smallest absolute Gasteiger partial charge is 0.196 e. The minimum Gasteiger partial charge on any atom is -0.364 e. The molecule has 30 heavy (non-hydrogen) atoms. The van der Waals surface area contributed by atoms with Gasteiger partial charge in [-0.1, -0.05) is 33.8 Å². The zero-order chi connectivity index (χ0) is 21.2. The van der Waals surface area contributed by atoms with Gasteiger partial charge in [-0.3, -0.25) is 20.2 Å². The predicted molar refractivity (Wildman–Crippen MR) is 118 cm³/mol. The third kappa shape index (κ3) is 2.86. The predicted octanol–water partition coefficient (Wildman–Crippen LogP) is 3.80. The molecule has 8 bridgehead atoms. The maximum absolute atomic E-state index is 13.4. The number of fused-ring (bicyclic) bond motifs is 1. The highest BCUT2D eigenvalue weighted by Gasteiger charge is 2.40. The quantitative estimate of drug-likeness (QED) is 0.500. The number of hydrogen-bond acceptors (Lipinski definition) is 6. The molecule has 156 valence electrons. The molecule has 4 N–H and O–H groups in total. The number of hydrogen-bond donors (Lipinski definition) is 4. The molecule has 4 heterocycles. The highest BCUT2D eigenvalue weighted by molar-refractivity contribution is 6.31. The van der Waals surface area contributed by atoms with Crippen molar-refractivity contribution in [2.75, 3.05) is 23.7 Å². The van der Waals surface area contributed by atoms with Gasteiger partial charge in [-0.2, -0.15) is 0 Å². The third-order valence-electron chi connectivity index (χ3n) is 6.04. The molecule has 0 radical (unpaired) electrons. The maximum Gasteiger partial charge on any atom is 0.196 e. The van der Waals surface area contributed by atoms with Gasteiger partial charge in [0.2, 0.25) is 0 Å². The zero-order valence-corrected chi connectivity index (χ0v) is 17.8. The Hall–Kier alpha value is -2.70. The van der Waals surface area contributed by atoms with Crippen LogP contribution < -0.4 is 21.3 Å². The molecule has 0 saturated carbocycles. The van der Waals surface area contributed by atoms with E-state index < -0.39 is 0 Å². The van der Waals surface area contributed by atoms with Crippen LogP contribution >= 0.6 is 0 Å². The lowest BCUT2D eigenvalue weighted by Gasteiger charge is -2.29. The van der Waals surface area contributed by atoms with Crippen molar-refractivity contribution in [3.05, 3.63) is 57.6 Å². The topological polar surface area (TPSA) is 82.3 Å². The summed E-state index contributed by atoms with van der Waals surface area (Å²) in [6, 6.07) is 7.53. The monoisotopic (exact) mass is 404 g/mol. The standard InChI is InChI=1S/C24H28N4O2/c1-11(2)9-25-23-13-5-6-14-15(7-13)21(29)16-8-17-19(27-23)20(18(16)22(14)30)28-24(17)26-10-12(3)4/h5-8,11-12,23-28H,9-10H2,1-4H3. The molecule has 7 rings (SSSR count). The lowest BCUT2D eigenvalue weighted by Crippen LogP contribution is -2.33. The van der Waals surface area contributed by atoms with Gasteiger partial charge in [-0.25, -0.2) is 0 Å². The first-order valence-corrected chi connectivity index (χ1v) is 10.8. The van der Waals surface area contributed by atoms with Gasteiger partial charge in [-0.15, -0.1) is 0 Å². The van der Waals surface area contributed by atoms with Crippen LogP contribution in [0.3, 0.4) is 0 Å². The summed E-state index contributed by atoms with van der Waals surface area (Å²) < 4.78 is 0. The van der Waals surface area contributed by atoms with Crippen LogP contribution in [-0.2, 0) is 0 Å². The van der Waals surface area contributed by atoms with E-state index in [1.54, 1.807) is 6.07 Å². The second-order valence-electron chi connectivity index (χ2n) is 9.36. The molecule has 2 aromatic carbocycles. The molecule has 0 spiro atoms. The van der Waals surface area contributed by atoms with E-state index in [9.17, 15) is 9.59 Å². The van der Waals surface area contributed by atoms with E-state index in [1.807, 2.05) is 18.2 Å². The molecule has 6 heteroatoms. The second kappa shape index (κ2) is 6.93. The normalized spacial score (nSPS) is 20.5. The summed E-state index contributed by atoms with van der Waals surface area (Å²) in [7, 11) is 0. The van der Waals surface area contributed by atoms with Gasteiger partial charge < -0.3 is 10.6 Å². The first kappa shape index (κ1) is 19.3. The van der Waals surface area contributed by atoms with Crippen molar-refractivity contribution >= 4 is 22.9 Å². The van der Waals surface area contributed by atoms with Gasteiger partial charge in [0.25, 0.3) is 0 Å². The fraction of sp³-hybridized carbons (Fsp3) is 0.417. The van der Waals surface area contributed by atoms with Crippen LogP contribution in [0.5, 0.6) is 0 Å². The summed E-state index contributed by atoms with van der Waals surface area (Å²) >= 11 is 0. The van der Waals surface area contributed by atoms with Crippen LogP contribution in [0.25, 0.3) is 0 Å². The van der Waals surface area contributed by atoms with Crippen molar-refractivity contribution in [2.45, 2.75) is 40.0 Å². The number of nitrogens with one attached hydrogen (secondary N) is 4. The van der Waals surface area contributed by atoms with Gasteiger partial charge in [-0.05, 0) is 48.7 Å². The van der Waals surface area contributed by atoms with Crippen LogP contribution in [0.2, 0.25) is 0 Å². The highest BCUT2D eigenvalue weighted by atomic mass is 16.1. The lowest BCUT2D eigenvalue weighted by atomic mass is 9.80. The lowest BCUT2D eigenvalue weighted by molar-refractivity contribution is 0.0979. The summed E-state index contributed by atoms with van der Waals surface area (Å²) in [6.45, 7) is 10.3. The SMILES string of the molecule is CC(C)CNC1Nc2c3cc4c(c2NC3NCC(C)C)C(=O)c2ccc1cc2C4=O. The Morgan fingerprint density at radius 3 is 2.17 bits per heavy atom. The van der Waals surface area contributed by atoms with E-state index in [-0.39, 0.29) is 23.9 Å². The fourth-order valence-corrected chi connectivity index (χ4v) is 4.54. The molecule has 1 aliphatic carbocycles. The Morgan fingerprint density at radius 1 is 0.800 bits per heavy atom. The Kier molecular flexibility index (Phi) is 4.45. The van der Waals surface area contributed by atoms with Crippen molar-refractivity contribution in [1.29, 1.82) is 0 Å². The van der Waals surface area contributed by atoms with Gasteiger partial charge >= 0.3 is 0 Å². The minimum atomic E-state index is -0.152. The highest BCUT2D eigenvalue weighted by Crippen LogP contribution is 2.48. The number of ketones is 2. The zero-order valence-electron chi connectivity index (χ0n) is 17.8. The van der Waals surface area contributed by atoms with Gasteiger partial charge in [0, 0.05) is 22.3 Å². The van der Waals surface area contributed by atoms with Crippen molar-refractivity contribution in [1.82, 2.24) is 10.6 Å². The molecule has 2 atom stereocenters. The maximum atomic E-state index is 13.4. The molecule has 0 fully saturated rings. The summed E-state index contributed by atoms with van der Waals surface area (Å²) in [5, 5.41) is 14.3. The molecular formula is C24H28N4O2. The van der Waals surface area contributed by atoms with Crippen molar-refractivity contribution in [3.8, 4) is 0 Å². The first-order valence-electron chi connectivity index (χ1n) is 10.8. The van der Waals surface area contributed by atoms with Gasteiger partial charge in [0.15, 0.2) is 11.6 Å². The molecule has 0 amide bonds. The van der Waals surface area contributed by atoms with Gasteiger partial charge in [0.1, 0.15) is 12.3 Å². The largest absolute Gasteiger partial charge is 0.364 e. The summed E-state index contributed by atoms with van der Waals surface area (Å²) in [5.74, 6) is 0.825. The minimum absolute atomic E-state index is 0.0636.